The average Bonchev–Trinajstić information content (AvgIpc) is 3.42. The van der Waals surface area contributed by atoms with E-state index in [1.165, 1.54) is 14.2 Å². The number of anilines is 1. The lowest BCUT2D eigenvalue weighted by Gasteiger charge is -2.37. The Balaban J connectivity index is 1.82. The van der Waals surface area contributed by atoms with E-state index in [0.717, 1.165) is 17.7 Å². The lowest BCUT2D eigenvalue weighted by atomic mass is 9.73. The van der Waals surface area contributed by atoms with Crippen molar-refractivity contribution in [3.05, 3.63) is 62.7 Å². The molecule has 0 aromatic heterocycles. The molecule has 3 aliphatic rings. The number of nitro groups is 1. The monoisotopic (exact) mass is 457 g/mol. The van der Waals surface area contributed by atoms with E-state index >= 15 is 0 Å². The Morgan fingerprint density at radius 1 is 1.16 bits per heavy atom. The molecule has 8 nitrogen and oxygen atoms in total. The van der Waals surface area contributed by atoms with Crippen LogP contribution in [0.15, 0.2) is 36.4 Å². The molecule has 168 valence electrons. The van der Waals surface area contributed by atoms with Gasteiger partial charge >= 0.3 is 0 Å². The predicted octanol–water partition coefficient (Wildman–Crippen LogP) is 3.44. The number of halogens is 1. The van der Waals surface area contributed by atoms with Crippen molar-refractivity contribution >= 4 is 23.2 Å². The van der Waals surface area contributed by atoms with Crippen LogP contribution in [-0.2, 0) is 10.3 Å². The first-order valence-corrected chi connectivity index (χ1v) is 10.9. The van der Waals surface area contributed by atoms with Gasteiger partial charge in [0.25, 0.3) is 5.91 Å². The number of fused-ring (bicyclic) bond motifs is 4. The number of likely N-dealkylation sites (N-methyl/N-ethyl adjacent to an activating group) is 1. The molecule has 32 heavy (non-hydrogen) atoms. The van der Waals surface area contributed by atoms with Crippen LogP contribution < -0.4 is 14.4 Å². The van der Waals surface area contributed by atoms with Gasteiger partial charge in [-0.2, -0.15) is 0 Å². The van der Waals surface area contributed by atoms with Crippen molar-refractivity contribution in [2.45, 2.75) is 36.4 Å². The number of hydrogen-bond donors (Lipinski definition) is 0. The first kappa shape index (κ1) is 21.0. The van der Waals surface area contributed by atoms with Crippen molar-refractivity contribution < 1.29 is 19.2 Å². The zero-order valence-electron chi connectivity index (χ0n) is 18.1. The van der Waals surface area contributed by atoms with Gasteiger partial charge in [0.2, 0.25) is 6.04 Å². The van der Waals surface area contributed by atoms with Gasteiger partial charge in [-0.1, -0.05) is 17.7 Å². The van der Waals surface area contributed by atoms with Gasteiger partial charge in [0.05, 0.1) is 26.2 Å². The molecule has 2 aromatic carbocycles. The molecule has 2 saturated heterocycles. The van der Waals surface area contributed by atoms with Gasteiger partial charge in [-0.15, -0.1) is 0 Å². The molecule has 3 heterocycles. The first-order chi connectivity index (χ1) is 15.4. The summed E-state index contributed by atoms with van der Waals surface area (Å²) in [5.41, 5.74) is 0.939. The topological polar surface area (TPSA) is 85.2 Å². The SMILES string of the molecule is COc1ccc([C@H]2[C@H]([N+](=O)[O-])[C@@H]3CCCN3[C@]23C(=O)N(C)c2ccc(Cl)cc23)cc1OC. The molecule has 0 bridgehead atoms. The van der Waals surface area contributed by atoms with E-state index in [0.29, 0.717) is 35.1 Å². The summed E-state index contributed by atoms with van der Waals surface area (Å²) in [5.74, 6) is 0.127. The number of carbonyl (C=O) groups is 1. The smallest absolute Gasteiger partial charge is 0.252 e. The molecule has 9 heteroatoms. The highest BCUT2D eigenvalue weighted by atomic mass is 35.5. The van der Waals surface area contributed by atoms with Gasteiger partial charge in [0.15, 0.2) is 11.5 Å². The summed E-state index contributed by atoms with van der Waals surface area (Å²) in [6.07, 6.45) is 1.48. The van der Waals surface area contributed by atoms with Crippen LogP contribution in [0.5, 0.6) is 11.5 Å². The third-order valence-corrected chi connectivity index (χ3v) is 7.54. The lowest BCUT2D eigenvalue weighted by Crippen LogP contribution is -2.52. The number of nitrogens with zero attached hydrogens (tertiary/aromatic N) is 3. The van der Waals surface area contributed by atoms with Crippen molar-refractivity contribution in [2.24, 2.45) is 0 Å². The average molecular weight is 458 g/mol. The van der Waals surface area contributed by atoms with E-state index in [1.54, 1.807) is 36.2 Å². The third kappa shape index (κ3) is 2.56. The molecule has 0 radical (unpaired) electrons. The highest BCUT2D eigenvalue weighted by Crippen LogP contribution is 2.61. The number of amides is 1. The minimum absolute atomic E-state index is 0.161. The molecular formula is C23H24ClN3O5. The summed E-state index contributed by atoms with van der Waals surface area (Å²) in [4.78, 5) is 30.0. The van der Waals surface area contributed by atoms with Crippen LogP contribution in [0.25, 0.3) is 0 Å². The van der Waals surface area contributed by atoms with Gasteiger partial charge in [0, 0.05) is 34.8 Å². The Kier molecular flexibility index (Phi) is 4.83. The van der Waals surface area contributed by atoms with Crippen LogP contribution in [0, 0.1) is 10.1 Å². The normalized spacial score (nSPS) is 28.8. The van der Waals surface area contributed by atoms with Crippen LogP contribution >= 0.6 is 11.6 Å². The number of hydrogen-bond acceptors (Lipinski definition) is 6. The van der Waals surface area contributed by atoms with E-state index in [9.17, 15) is 14.9 Å². The van der Waals surface area contributed by atoms with Crippen molar-refractivity contribution in [2.75, 3.05) is 32.7 Å². The van der Waals surface area contributed by atoms with Crippen molar-refractivity contribution in [1.29, 1.82) is 0 Å². The molecule has 2 aromatic rings. The predicted molar refractivity (Wildman–Crippen MR) is 119 cm³/mol. The van der Waals surface area contributed by atoms with Crippen LogP contribution in [0.3, 0.4) is 0 Å². The number of ether oxygens (including phenoxy) is 2. The van der Waals surface area contributed by atoms with Crippen molar-refractivity contribution in [3.8, 4) is 11.5 Å². The second kappa shape index (κ2) is 7.35. The minimum Gasteiger partial charge on any atom is -0.493 e. The largest absolute Gasteiger partial charge is 0.493 e. The molecule has 1 spiro atoms. The fourth-order valence-electron chi connectivity index (χ4n) is 6.14. The summed E-state index contributed by atoms with van der Waals surface area (Å²) in [5, 5.41) is 13.0. The summed E-state index contributed by atoms with van der Waals surface area (Å²) in [6, 6.07) is 9.38. The van der Waals surface area contributed by atoms with E-state index < -0.39 is 17.5 Å². The standard InChI is InChI=1S/C23H24ClN3O5/c1-25-16-8-7-14(24)12-15(16)23(22(25)28)20(13-6-9-18(31-2)19(11-13)32-3)21(27(29)30)17-5-4-10-26(17)23/h6-9,11-12,17,20-21H,4-5,10H2,1-3H3/t17-,20-,21+,23-/m0/s1. The lowest BCUT2D eigenvalue weighted by molar-refractivity contribution is -0.527. The summed E-state index contributed by atoms with van der Waals surface area (Å²) < 4.78 is 10.9. The molecule has 5 rings (SSSR count). The quantitative estimate of drug-likeness (QED) is 0.516. The summed E-state index contributed by atoms with van der Waals surface area (Å²) >= 11 is 6.38. The van der Waals surface area contributed by atoms with Gasteiger partial charge < -0.3 is 14.4 Å². The van der Waals surface area contributed by atoms with E-state index in [-0.39, 0.29) is 16.9 Å². The zero-order valence-corrected chi connectivity index (χ0v) is 18.8. The highest BCUT2D eigenvalue weighted by Gasteiger charge is 2.72. The van der Waals surface area contributed by atoms with E-state index in [4.69, 9.17) is 21.1 Å². The second-order valence-electron chi connectivity index (χ2n) is 8.56. The van der Waals surface area contributed by atoms with E-state index in [1.807, 2.05) is 12.1 Å². The molecule has 0 saturated carbocycles. The van der Waals surface area contributed by atoms with E-state index in [2.05, 4.69) is 4.90 Å². The van der Waals surface area contributed by atoms with Crippen molar-refractivity contribution in [1.82, 2.24) is 4.90 Å². The van der Waals surface area contributed by atoms with Gasteiger partial charge in [-0.3, -0.25) is 19.8 Å². The maximum Gasteiger partial charge on any atom is 0.252 e. The van der Waals surface area contributed by atoms with Crippen LogP contribution in [0.4, 0.5) is 5.69 Å². The Labute approximate surface area is 190 Å². The molecule has 2 fully saturated rings. The Bertz CT molecular complexity index is 1120. The molecule has 3 aliphatic heterocycles. The van der Waals surface area contributed by atoms with Gasteiger partial charge in [-0.05, 0) is 48.7 Å². The molecule has 0 unspecified atom stereocenters. The number of benzene rings is 2. The van der Waals surface area contributed by atoms with Crippen LogP contribution in [-0.4, -0.2) is 55.6 Å². The fourth-order valence-corrected chi connectivity index (χ4v) is 6.32. The Morgan fingerprint density at radius 3 is 2.59 bits per heavy atom. The Morgan fingerprint density at radius 2 is 1.91 bits per heavy atom. The molecule has 1 amide bonds. The molecule has 0 N–H and O–H groups in total. The van der Waals surface area contributed by atoms with Crippen molar-refractivity contribution in [3.63, 3.8) is 0 Å². The fraction of sp³-hybridized carbons (Fsp3) is 0.435. The first-order valence-electron chi connectivity index (χ1n) is 10.6. The maximum absolute atomic E-state index is 14.0. The number of methoxy groups -OCH3 is 2. The van der Waals surface area contributed by atoms with Gasteiger partial charge in [-0.25, -0.2) is 0 Å². The summed E-state index contributed by atoms with van der Waals surface area (Å²) in [6.45, 7) is 0.615. The highest BCUT2D eigenvalue weighted by molar-refractivity contribution is 6.31. The maximum atomic E-state index is 14.0. The molecular weight excluding hydrogens is 434 g/mol. The molecule has 0 aliphatic carbocycles. The Hall–Kier alpha value is -2.84. The minimum atomic E-state index is -1.20. The van der Waals surface area contributed by atoms with Crippen LogP contribution in [0.2, 0.25) is 5.02 Å². The molecule has 4 atom stereocenters. The van der Waals surface area contributed by atoms with Crippen LogP contribution in [0.1, 0.15) is 29.9 Å². The summed E-state index contributed by atoms with van der Waals surface area (Å²) in [7, 11) is 4.79. The third-order valence-electron chi connectivity index (χ3n) is 7.31. The number of rotatable bonds is 4. The zero-order chi connectivity index (χ0) is 22.8. The second-order valence-corrected chi connectivity index (χ2v) is 9.00. The number of carbonyl (C=O) groups excluding carboxylic acids is 1. The van der Waals surface area contributed by atoms with Gasteiger partial charge in [0.1, 0.15) is 5.54 Å².